The number of thioether (sulfide) groups is 2. The monoisotopic (exact) mass is 526 g/mol. The van der Waals surface area contributed by atoms with Crippen molar-refractivity contribution in [1.82, 2.24) is 10.6 Å². The Hall–Kier alpha value is -2.30. The van der Waals surface area contributed by atoms with E-state index in [1.807, 2.05) is 12.1 Å². The van der Waals surface area contributed by atoms with Crippen LogP contribution in [0.1, 0.15) is 22.3 Å². The van der Waals surface area contributed by atoms with Crippen molar-refractivity contribution in [2.45, 2.75) is 24.3 Å². The molecule has 3 rings (SSSR count). The van der Waals surface area contributed by atoms with Gasteiger partial charge in [-0.05, 0) is 45.9 Å². The average Bonchev–Trinajstić information content (AvgIpc) is 3.34. The molecule has 9 heteroatoms. The Morgan fingerprint density at radius 3 is 1.54 bits per heavy atom. The quantitative estimate of drug-likeness (QED) is 0.141. The van der Waals surface area contributed by atoms with Crippen LogP contribution in [0.3, 0.4) is 0 Å². The van der Waals surface area contributed by atoms with Crippen LogP contribution in [0.2, 0.25) is 0 Å². The highest BCUT2D eigenvalue weighted by Crippen LogP contribution is 2.24. The molecule has 0 aliphatic rings. The second-order valence-electron chi connectivity index (χ2n) is 7.78. The molecule has 186 valence electrons. The van der Waals surface area contributed by atoms with Crippen LogP contribution >= 0.6 is 34.9 Å². The molecule has 0 atom stereocenters. The molecule has 0 unspecified atom stereocenters. The van der Waals surface area contributed by atoms with Gasteiger partial charge in [-0.1, -0.05) is 84.2 Å². The molecule has 1 heterocycles. The van der Waals surface area contributed by atoms with E-state index in [0.717, 1.165) is 37.4 Å². The van der Waals surface area contributed by atoms with Gasteiger partial charge in [0.1, 0.15) is 0 Å². The summed E-state index contributed by atoms with van der Waals surface area (Å²) in [5.41, 5.74) is 17.4. The first-order chi connectivity index (χ1) is 17.2. The normalized spacial score (nSPS) is 12.2. The Bertz CT molecular complexity index is 956. The van der Waals surface area contributed by atoms with E-state index in [4.69, 9.17) is 11.5 Å². The third-order valence-corrected chi connectivity index (χ3v) is 7.75. The first kappa shape index (κ1) is 27.3. The minimum atomic E-state index is 0.532. The third-order valence-electron chi connectivity index (χ3n) is 5.14. The van der Waals surface area contributed by atoms with Crippen molar-refractivity contribution >= 4 is 45.2 Å². The van der Waals surface area contributed by atoms with Gasteiger partial charge in [0, 0.05) is 24.6 Å². The molecule has 0 saturated heterocycles. The molecule has 6 nitrogen and oxygen atoms in total. The molecule has 0 radical (unpaired) electrons. The Morgan fingerprint density at radius 2 is 1.11 bits per heavy atom. The van der Waals surface area contributed by atoms with Gasteiger partial charge in [-0.15, -0.1) is 0 Å². The lowest BCUT2D eigenvalue weighted by molar-refractivity contribution is 0.703. The van der Waals surface area contributed by atoms with E-state index in [1.54, 1.807) is 34.9 Å². The van der Waals surface area contributed by atoms with E-state index in [9.17, 15) is 0 Å². The fraction of sp³-hybridized carbons (Fsp3) is 0.308. The van der Waals surface area contributed by atoms with Crippen LogP contribution in [0.15, 0.2) is 81.4 Å². The number of thiophene rings is 1. The molecule has 2 aromatic carbocycles. The molecule has 6 N–H and O–H groups in total. The van der Waals surface area contributed by atoms with Crippen molar-refractivity contribution < 1.29 is 0 Å². The van der Waals surface area contributed by atoms with E-state index < -0.39 is 0 Å². The smallest absolute Gasteiger partial charge is 0.155 e. The fourth-order valence-corrected chi connectivity index (χ4v) is 5.71. The molecule has 0 aliphatic carbocycles. The summed E-state index contributed by atoms with van der Waals surface area (Å²) >= 11 is 4.84. The molecule has 0 fully saturated rings. The molecule has 0 amide bonds. The summed E-state index contributed by atoms with van der Waals surface area (Å²) in [6, 6.07) is 20.9. The summed E-state index contributed by atoms with van der Waals surface area (Å²) in [7, 11) is 0. The Kier molecular flexibility index (Phi) is 12.8. The number of hydrogen-bond acceptors (Lipinski definition) is 7. The lowest BCUT2D eigenvalue weighted by atomic mass is 10.1. The van der Waals surface area contributed by atoms with Crippen LogP contribution in [0.25, 0.3) is 0 Å². The first-order valence-corrected chi connectivity index (χ1v) is 14.5. The summed E-state index contributed by atoms with van der Waals surface area (Å²) in [5.74, 6) is 1.60. The summed E-state index contributed by atoms with van der Waals surface area (Å²) < 4.78 is 0. The Labute approximate surface area is 221 Å². The van der Waals surface area contributed by atoms with Gasteiger partial charge in [0.15, 0.2) is 10.3 Å². The molecular formula is C26H34N6S3. The summed E-state index contributed by atoms with van der Waals surface area (Å²) in [6.45, 7) is 2.82. The number of benzene rings is 2. The topological polar surface area (TPSA) is 101 Å². The predicted octanol–water partition coefficient (Wildman–Crippen LogP) is 4.42. The lowest BCUT2D eigenvalue weighted by Gasteiger charge is -2.06. The van der Waals surface area contributed by atoms with Gasteiger partial charge in [0.25, 0.3) is 0 Å². The van der Waals surface area contributed by atoms with Crippen LogP contribution in [0.4, 0.5) is 0 Å². The molecule has 35 heavy (non-hydrogen) atoms. The van der Waals surface area contributed by atoms with Crippen LogP contribution in [0, 0.1) is 0 Å². The van der Waals surface area contributed by atoms with Crippen molar-refractivity contribution in [2.24, 2.45) is 21.5 Å². The van der Waals surface area contributed by atoms with Gasteiger partial charge in [0.2, 0.25) is 0 Å². The molecule has 3 aromatic rings. The van der Waals surface area contributed by atoms with Gasteiger partial charge in [0.05, 0.1) is 13.3 Å². The SMILES string of the molecule is N/C(=N\CNCCc1ccccc1)SCc1cscc1CS/C(N)=N/CNCCc1ccccc1. The zero-order chi connectivity index (χ0) is 24.6. The maximum absolute atomic E-state index is 6.10. The van der Waals surface area contributed by atoms with Gasteiger partial charge in [-0.2, -0.15) is 11.3 Å². The Morgan fingerprint density at radius 1 is 0.686 bits per heavy atom. The fourth-order valence-electron chi connectivity index (χ4n) is 3.18. The largest absolute Gasteiger partial charge is 0.378 e. The van der Waals surface area contributed by atoms with Crippen molar-refractivity contribution in [3.63, 3.8) is 0 Å². The predicted molar refractivity (Wildman–Crippen MR) is 156 cm³/mol. The van der Waals surface area contributed by atoms with Crippen molar-refractivity contribution in [3.8, 4) is 0 Å². The first-order valence-electron chi connectivity index (χ1n) is 11.6. The van der Waals surface area contributed by atoms with E-state index in [1.165, 1.54) is 22.3 Å². The molecular weight excluding hydrogens is 493 g/mol. The van der Waals surface area contributed by atoms with E-state index in [2.05, 4.69) is 79.9 Å². The maximum Gasteiger partial charge on any atom is 0.155 e. The number of nitrogens with two attached hydrogens (primary N) is 2. The second-order valence-corrected chi connectivity index (χ2v) is 10.5. The highest BCUT2D eigenvalue weighted by atomic mass is 32.2. The highest BCUT2D eigenvalue weighted by Gasteiger charge is 2.07. The molecule has 0 spiro atoms. The third kappa shape index (κ3) is 11.3. The van der Waals surface area contributed by atoms with Crippen LogP contribution < -0.4 is 22.1 Å². The van der Waals surface area contributed by atoms with Gasteiger partial charge in [-0.25, -0.2) is 9.98 Å². The lowest BCUT2D eigenvalue weighted by Crippen LogP contribution is -2.20. The van der Waals surface area contributed by atoms with Crippen LogP contribution in [-0.4, -0.2) is 36.8 Å². The van der Waals surface area contributed by atoms with Crippen molar-refractivity contribution in [3.05, 3.63) is 93.7 Å². The molecule has 0 aliphatic heterocycles. The summed E-state index contributed by atoms with van der Waals surface area (Å²) in [5, 5.41) is 12.2. The van der Waals surface area contributed by atoms with Gasteiger partial charge >= 0.3 is 0 Å². The number of nitrogens with zero attached hydrogens (tertiary/aromatic N) is 2. The van der Waals surface area contributed by atoms with E-state index in [-0.39, 0.29) is 0 Å². The van der Waals surface area contributed by atoms with E-state index >= 15 is 0 Å². The summed E-state index contributed by atoms with van der Waals surface area (Å²) in [4.78, 5) is 8.85. The standard InChI is InChI=1S/C26H34N6S3/c27-25(31-19-29-13-11-21-7-3-1-4-8-21)34-17-23-15-33-16-24(23)18-35-26(28)32-20-30-14-12-22-9-5-2-6-10-22/h1-10,15-16,29-30H,11-14,17-20H2,(H2,27,31)(H2,28,32). The number of rotatable bonds is 14. The molecule has 0 saturated carbocycles. The second kappa shape index (κ2) is 16.4. The van der Waals surface area contributed by atoms with Crippen LogP contribution in [0.5, 0.6) is 0 Å². The Balaban J connectivity index is 1.29. The van der Waals surface area contributed by atoms with E-state index in [0.29, 0.717) is 23.7 Å². The summed E-state index contributed by atoms with van der Waals surface area (Å²) in [6.07, 6.45) is 1.96. The molecule has 0 bridgehead atoms. The maximum atomic E-state index is 6.10. The highest BCUT2D eigenvalue weighted by molar-refractivity contribution is 8.13. The average molecular weight is 527 g/mol. The zero-order valence-corrected chi connectivity index (χ0v) is 22.3. The van der Waals surface area contributed by atoms with Gasteiger partial charge in [-0.3, -0.25) is 10.6 Å². The molecule has 1 aromatic heterocycles. The zero-order valence-electron chi connectivity index (χ0n) is 19.9. The van der Waals surface area contributed by atoms with Crippen molar-refractivity contribution in [1.29, 1.82) is 0 Å². The number of aliphatic imine (C=N–C) groups is 2. The minimum Gasteiger partial charge on any atom is -0.378 e. The van der Waals surface area contributed by atoms with Crippen LogP contribution in [-0.2, 0) is 24.3 Å². The minimum absolute atomic E-state index is 0.532. The number of hydrogen-bond donors (Lipinski definition) is 4. The number of nitrogens with one attached hydrogen (secondary N) is 2. The number of amidine groups is 2. The van der Waals surface area contributed by atoms with Gasteiger partial charge < -0.3 is 11.5 Å². The van der Waals surface area contributed by atoms with Crippen molar-refractivity contribution in [2.75, 3.05) is 26.4 Å².